The van der Waals surface area contributed by atoms with Gasteiger partial charge in [0.15, 0.2) is 0 Å². The maximum Gasteiger partial charge on any atom is 0.319 e. The fourth-order valence-electron chi connectivity index (χ4n) is 2.16. The number of benzene rings is 2. The molecule has 120 valence electrons. The quantitative estimate of drug-likeness (QED) is 0.516. The maximum atomic E-state index is 12.0. The number of rotatable bonds is 4. The average Bonchev–Trinajstić information content (AvgIpc) is 2.54. The molecule has 3 amide bonds. The molecule has 4 N–H and O–H groups in total. The van der Waals surface area contributed by atoms with Crippen LogP contribution in [-0.2, 0) is 0 Å². The smallest absolute Gasteiger partial charge is 0.319 e. The lowest BCUT2D eigenvalue weighted by Gasteiger charge is -2.15. The van der Waals surface area contributed by atoms with Crippen molar-refractivity contribution in [3.63, 3.8) is 0 Å². The number of hydroxylamine groups is 1. The molecule has 0 spiro atoms. The number of amides is 3. The molecular formula is C17H19N3O3. The van der Waals surface area contributed by atoms with Crippen LogP contribution in [0.15, 0.2) is 48.5 Å². The molecule has 0 aliphatic rings. The number of hydrogen-bond donors (Lipinski definition) is 4. The Balaban J connectivity index is 1.96. The van der Waals surface area contributed by atoms with Gasteiger partial charge < -0.3 is 10.6 Å². The molecule has 2 rings (SSSR count). The molecule has 0 aliphatic heterocycles. The van der Waals surface area contributed by atoms with E-state index in [-0.39, 0.29) is 12.1 Å². The highest BCUT2D eigenvalue weighted by Gasteiger charge is 2.11. The van der Waals surface area contributed by atoms with Gasteiger partial charge >= 0.3 is 6.03 Å². The third kappa shape index (κ3) is 4.55. The second-order valence-electron chi connectivity index (χ2n) is 5.25. The van der Waals surface area contributed by atoms with Crippen LogP contribution in [0.5, 0.6) is 0 Å². The zero-order chi connectivity index (χ0) is 16.8. The summed E-state index contributed by atoms with van der Waals surface area (Å²) >= 11 is 0. The lowest BCUT2D eigenvalue weighted by Crippen LogP contribution is -2.31. The van der Waals surface area contributed by atoms with Crippen LogP contribution in [0.4, 0.5) is 10.5 Å². The molecule has 2 aromatic rings. The first-order chi connectivity index (χ1) is 11.0. The van der Waals surface area contributed by atoms with Gasteiger partial charge in [-0.05, 0) is 49.2 Å². The summed E-state index contributed by atoms with van der Waals surface area (Å²) in [6.07, 6.45) is 0. The van der Waals surface area contributed by atoms with Gasteiger partial charge in [0.2, 0.25) is 0 Å². The number of hydrogen-bond acceptors (Lipinski definition) is 3. The Morgan fingerprint density at radius 2 is 1.78 bits per heavy atom. The monoisotopic (exact) mass is 313 g/mol. The van der Waals surface area contributed by atoms with Crippen molar-refractivity contribution < 1.29 is 14.8 Å². The van der Waals surface area contributed by atoms with E-state index in [0.29, 0.717) is 5.56 Å². The van der Waals surface area contributed by atoms with Crippen LogP contribution in [0.25, 0.3) is 0 Å². The molecule has 0 bridgehead atoms. The predicted molar refractivity (Wildman–Crippen MR) is 87.4 cm³/mol. The Labute approximate surface area is 134 Å². The average molecular weight is 313 g/mol. The standard InChI is InChI=1S/C17H19N3O3/c1-11-4-3-5-15(10-11)19-17(22)18-12(2)13-6-8-14(9-7-13)16(21)20-23/h3-10,12,23H,1-2H3,(H,20,21)(H2,18,19,22). The van der Waals surface area contributed by atoms with Gasteiger partial charge in [0, 0.05) is 11.3 Å². The predicted octanol–water partition coefficient (Wildman–Crippen LogP) is 3.00. The summed E-state index contributed by atoms with van der Waals surface area (Å²) in [4.78, 5) is 23.3. The van der Waals surface area contributed by atoms with Gasteiger partial charge in [-0.15, -0.1) is 0 Å². The van der Waals surface area contributed by atoms with Crippen LogP contribution < -0.4 is 16.1 Å². The molecule has 0 aromatic heterocycles. The number of carbonyl (C=O) groups excluding carboxylic acids is 2. The Kier molecular flexibility index (Phi) is 5.32. The van der Waals surface area contributed by atoms with Crippen molar-refractivity contribution in [3.8, 4) is 0 Å². The van der Waals surface area contributed by atoms with Crippen molar-refractivity contribution in [1.29, 1.82) is 0 Å². The first-order valence-electron chi connectivity index (χ1n) is 7.18. The minimum Gasteiger partial charge on any atom is -0.331 e. The van der Waals surface area contributed by atoms with Gasteiger partial charge in [0.1, 0.15) is 0 Å². The normalized spacial score (nSPS) is 11.4. The molecule has 0 aliphatic carbocycles. The Hall–Kier alpha value is -2.86. The van der Waals surface area contributed by atoms with E-state index in [1.54, 1.807) is 29.7 Å². The first kappa shape index (κ1) is 16.5. The van der Waals surface area contributed by atoms with E-state index < -0.39 is 5.91 Å². The van der Waals surface area contributed by atoms with Crippen LogP contribution in [0, 0.1) is 6.92 Å². The minimum absolute atomic E-state index is 0.231. The van der Waals surface area contributed by atoms with E-state index in [1.807, 2.05) is 38.1 Å². The molecule has 0 saturated heterocycles. The summed E-state index contributed by atoms with van der Waals surface area (Å²) < 4.78 is 0. The molecule has 0 radical (unpaired) electrons. The largest absolute Gasteiger partial charge is 0.331 e. The van der Waals surface area contributed by atoms with E-state index in [4.69, 9.17) is 5.21 Å². The van der Waals surface area contributed by atoms with Gasteiger partial charge in [-0.25, -0.2) is 10.3 Å². The summed E-state index contributed by atoms with van der Waals surface area (Å²) in [5.74, 6) is -0.575. The number of urea groups is 1. The molecule has 6 nitrogen and oxygen atoms in total. The molecule has 6 heteroatoms. The first-order valence-corrected chi connectivity index (χ1v) is 7.18. The van der Waals surface area contributed by atoms with Crippen LogP contribution in [-0.4, -0.2) is 17.1 Å². The highest BCUT2D eigenvalue weighted by Crippen LogP contribution is 2.14. The highest BCUT2D eigenvalue weighted by molar-refractivity contribution is 5.93. The van der Waals surface area contributed by atoms with Gasteiger partial charge in [0.05, 0.1) is 6.04 Å². The lowest BCUT2D eigenvalue weighted by atomic mass is 10.1. The molecule has 23 heavy (non-hydrogen) atoms. The number of nitrogens with one attached hydrogen (secondary N) is 3. The van der Waals surface area contributed by atoms with Gasteiger partial charge in [0.25, 0.3) is 5.91 Å². The SMILES string of the molecule is Cc1cccc(NC(=O)NC(C)c2ccc(C(=O)NO)cc2)c1. The van der Waals surface area contributed by atoms with Crippen LogP contribution in [0.1, 0.15) is 34.5 Å². The summed E-state index contributed by atoms with van der Waals surface area (Å²) in [5, 5.41) is 14.2. The number of carbonyl (C=O) groups is 2. The minimum atomic E-state index is -0.575. The van der Waals surface area contributed by atoms with E-state index in [2.05, 4.69) is 10.6 Å². The molecule has 2 aromatic carbocycles. The van der Waals surface area contributed by atoms with Gasteiger partial charge in [-0.2, -0.15) is 0 Å². The Bertz CT molecular complexity index is 698. The van der Waals surface area contributed by atoms with Crippen LogP contribution in [0.3, 0.4) is 0 Å². The van der Waals surface area contributed by atoms with Gasteiger partial charge in [-0.1, -0.05) is 24.3 Å². The number of anilines is 1. The maximum absolute atomic E-state index is 12.0. The summed E-state index contributed by atoms with van der Waals surface area (Å²) in [7, 11) is 0. The van der Waals surface area contributed by atoms with Crippen LogP contribution in [0.2, 0.25) is 0 Å². The van der Waals surface area contributed by atoms with Crippen molar-refractivity contribution in [2.75, 3.05) is 5.32 Å². The molecule has 0 heterocycles. The lowest BCUT2D eigenvalue weighted by molar-refractivity contribution is 0.0706. The Morgan fingerprint density at radius 3 is 2.39 bits per heavy atom. The second kappa shape index (κ2) is 7.42. The van der Waals surface area contributed by atoms with Crippen molar-refractivity contribution in [2.24, 2.45) is 0 Å². The van der Waals surface area contributed by atoms with Crippen molar-refractivity contribution >= 4 is 17.6 Å². The van der Waals surface area contributed by atoms with E-state index >= 15 is 0 Å². The van der Waals surface area contributed by atoms with Crippen LogP contribution >= 0.6 is 0 Å². The van der Waals surface area contributed by atoms with Crippen molar-refractivity contribution in [2.45, 2.75) is 19.9 Å². The zero-order valence-electron chi connectivity index (χ0n) is 13.0. The van der Waals surface area contributed by atoms with E-state index in [1.165, 1.54) is 0 Å². The van der Waals surface area contributed by atoms with E-state index in [0.717, 1.165) is 16.8 Å². The van der Waals surface area contributed by atoms with E-state index in [9.17, 15) is 9.59 Å². The molecular weight excluding hydrogens is 294 g/mol. The second-order valence-corrected chi connectivity index (χ2v) is 5.25. The van der Waals surface area contributed by atoms with Crippen molar-refractivity contribution in [1.82, 2.24) is 10.8 Å². The third-order valence-electron chi connectivity index (χ3n) is 3.40. The summed E-state index contributed by atoms with van der Waals surface area (Å²) in [6, 6.07) is 13.6. The Morgan fingerprint density at radius 1 is 1.09 bits per heavy atom. The molecule has 0 saturated carbocycles. The zero-order valence-corrected chi connectivity index (χ0v) is 13.0. The molecule has 0 fully saturated rings. The molecule has 1 unspecified atom stereocenters. The number of aryl methyl sites for hydroxylation is 1. The van der Waals surface area contributed by atoms with Gasteiger partial charge in [-0.3, -0.25) is 10.0 Å². The summed E-state index contributed by atoms with van der Waals surface area (Å²) in [5.41, 5.74) is 4.55. The fourth-order valence-corrected chi connectivity index (χ4v) is 2.16. The third-order valence-corrected chi connectivity index (χ3v) is 3.40. The molecule has 1 atom stereocenters. The fraction of sp³-hybridized carbons (Fsp3) is 0.176. The highest BCUT2D eigenvalue weighted by atomic mass is 16.5. The topological polar surface area (TPSA) is 90.5 Å². The van der Waals surface area contributed by atoms with Crippen molar-refractivity contribution in [3.05, 3.63) is 65.2 Å². The summed E-state index contributed by atoms with van der Waals surface area (Å²) in [6.45, 7) is 3.80.